The van der Waals surface area contributed by atoms with Crippen LogP contribution in [0.5, 0.6) is 0 Å². The molecule has 0 spiro atoms. The van der Waals surface area contributed by atoms with E-state index in [1.165, 1.54) is 18.4 Å². The lowest BCUT2D eigenvalue weighted by atomic mass is 10.0. The molecule has 3 nitrogen and oxygen atoms in total. The molecular weight excluding hydrogens is 268 g/mol. The number of rotatable bonds is 4. The van der Waals surface area contributed by atoms with E-state index in [-0.39, 0.29) is 11.9 Å². The van der Waals surface area contributed by atoms with E-state index in [1.54, 1.807) is 0 Å². The highest BCUT2D eigenvalue weighted by Gasteiger charge is 2.27. The molecule has 1 saturated carbocycles. The fraction of sp³-hybridized carbons (Fsp3) is 0.500. The Morgan fingerprint density at radius 3 is 2.50 bits per heavy atom. The van der Waals surface area contributed by atoms with E-state index in [2.05, 4.69) is 0 Å². The molecule has 1 fully saturated rings. The molecule has 1 aliphatic rings. The number of carbonyl (C=O) groups excluding carboxylic acids is 1. The van der Waals surface area contributed by atoms with Crippen molar-refractivity contribution in [3.63, 3.8) is 0 Å². The zero-order valence-electron chi connectivity index (χ0n) is 12.2. The predicted molar refractivity (Wildman–Crippen MR) is 86.0 cm³/mol. The standard InChI is InChI=1S/C16H22N2OS/c1-11-7-8-13(9-12(11)2)16(19)18(10-15(17)20)14-5-3-4-6-14/h7-9,14H,3-6,10H2,1-2H3,(H2,17,20). The summed E-state index contributed by atoms with van der Waals surface area (Å²) in [5.41, 5.74) is 8.74. The third-order valence-electron chi connectivity index (χ3n) is 4.11. The highest BCUT2D eigenvalue weighted by atomic mass is 32.1. The van der Waals surface area contributed by atoms with E-state index >= 15 is 0 Å². The molecule has 1 aromatic carbocycles. The van der Waals surface area contributed by atoms with Crippen LogP contribution in [-0.2, 0) is 0 Å². The molecule has 1 aliphatic carbocycles. The van der Waals surface area contributed by atoms with Gasteiger partial charge in [0.05, 0.1) is 11.5 Å². The van der Waals surface area contributed by atoms with E-state index in [0.717, 1.165) is 24.0 Å². The maximum atomic E-state index is 12.7. The van der Waals surface area contributed by atoms with Gasteiger partial charge >= 0.3 is 0 Å². The van der Waals surface area contributed by atoms with Gasteiger partial charge in [-0.25, -0.2) is 0 Å². The molecule has 108 valence electrons. The summed E-state index contributed by atoms with van der Waals surface area (Å²) in [5.74, 6) is 0.0489. The molecule has 1 aromatic rings. The van der Waals surface area contributed by atoms with Crippen LogP contribution in [0.25, 0.3) is 0 Å². The molecule has 1 amide bonds. The number of nitrogens with zero attached hydrogens (tertiary/aromatic N) is 1. The molecule has 0 radical (unpaired) electrons. The molecule has 20 heavy (non-hydrogen) atoms. The number of thiocarbonyl (C=S) groups is 1. The second-order valence-electron chi connectivity index (χ2n) is 5.64. The number of hydrogen-bond donors (Lipinski definition) is 1. The quantitative estimate of drug-likeness (QED) is 0.867. The Morgan fingerprint density at radius 2 is 1.95 bits per heavy atom. The third-order valence-corrected chi connectivity index (χ3v) is 4.24. The Kier molecular flexibility index (Phi) is 4.76. The molecule has 0 aromatic heterocycles. The van der Waals surface area contributed by atoms with Gasteiger partial charge in [0.25, 0.3) is 5.91 Å². The second-order valence-corrected chi connectivity index (χ2v) is 6.16. The van der Waals surface area contributed by atoms with E-state index in [1.807, 2.05) is 36.9 Å². The van der Waals surface area contributed by atoms with Gasteiger partial charge in [0.15, 0.2) is 0 Å². The van der Waals surface area contributed by atoms with Crippen molar-refractivity contribution in [3.8, 4) is 0 Å². The summed E-state index contributed by atoms with van der Waals surface area (Å²) >= 11 is 5.01. The monoisotopic (exact) mass is 290 g/mol. The zero-order chi connectivity index (χ0) is 14.7. The number of hydrogen-bond acceptors (Lipinski definition) is 2. The van der Waals surface area contributed by atoms with Crippen LogP contribution in [0.4, 0.5) is 0 Å². The summed E-state index contributed by atoms with van der Waals surface area (Å²) in [6.45, 7) is 4.46. The molecule has 2 N–H and O–H groups in total. The minimum absolute atomic E-state index is 0.0489. The summed E-state index contributed by atoms with van der Waals surface area (Å²) in [6, 6.07) is 6.13. The zero-order valence-corrected chi connectivity index (χ0v) is 13.0. The highest BCUT2D eigenvalue weighted by Crippen LogP contribution is 2.25. The molecule has 2 rings (SSSR count). The first-order chi connectivity index (χ1) is 9.49. The van der Waals surface area contributed by atoms with Gasteiger partial charge in [0.1, 0.15) is 0 Å². The van der Waals surface area contributed by atoms with Gasteiger partial charge < -0.3 is 10.6 Å². The Balaban J connectivity index is 2.24. The summed E-state index contributed by atoms with van der Waals surface area (Å²) < 4.78 is 0. The van der Waals surface area contributed by atoms with Crippen LogP contribution in [0.1, 0.15) is 47.2 Å². The van der Waals surface area contributed by atoms with Gasteiger partial charge in [0.2, 0.25) is 0 Å². The average molecular weight is 290 g/mol. The smallest absolute Gasteiger partial charge is 0.254 e. The Bertz CT molecular complexity index is 521. The fourth-order valence-corrected chi connectivity index (χ4v) is 2.93. The van der Waals surface area contributed by atoms with E-state index < -0.39 is 0 Å². The van der Waals surface area contributed by atoms with Crippen LogP contribution in [0.2, 0.25) is 0 Å². The van der Waals surface area contributed by atoms with E-state index in [4.69, 9.17) is 18.0 Å². The van der Waals surface area contributed by atoms with E-state index in [0.29, 0.717) is 11.5 Å². The van der Waals surface area contributed by atoms with Crippen molar-refractivity contribution in [2.45, 2.75) is 45.6 Å². The Labute approximate surface area is 126 Å². The lowest BCUT2D eigenvalue weighted by molar-refractivity contribution is 0.0714. The predicted octanol–water partition coefficient (Wildman–Crippen LogP) is 2.97. The second kappa shape index (κ2) is 6.35. The maximum Gasteiger partial charge on any atom is 0.254 e. The van der Waals surface area contributed by atoms with Crippen LogP contribution >= 0.6 is 12.2 Å². The molecule has 0 aliphatic heterocycles. The van der Waals surface area contributed by atoms with Gasteiger partial charge in [-0.15, -0.1) is 0 Å². The summed E-state index contributed by atoms with van der Waals surface area (Å²) in [5, 5.41) is 0. The first-order valence-corrected chi connectivity index (χ1v) is 7.56. The van der Waals surface area contributed by atoms with Gasteiger partial charge in [-0.05, 0) is 49.9 Å². The Hall–Kier alpha value is -1.42. The molecule has 0 heterocycles. The topological polar surface area (TPSA) is 46.3 Å². The fourth-order valence-electron chi connectivity index (χ4n) is 2.79. The SMILES string of the molecule is Cc1ccc(C(=O)N(CC(N)=S)C2CCCC2)cc1C. The van der Waals surface area contributed by atoms with Crippen molar-refractivity contribution in [1.29, 1.82) is 0 Å². The van der Waals surface area contributed by atoms with Gasteiger partial charge in [-0.2, -0.15) is 0 Å². The Morgan fingerprint density at radius 1 is 1.30 bits per heavy atom. The summed E-state index contributed by atoms with van der Waals surface area (Å²) in [7, 11) is 0. The summed E-state index contributed by atoms with van der Waals surface area (Å²) in [6.07, 6.45) is 4.47. The molecular formula is C16H22N2OS. The summed E-state index contributed by atoms with van der Waals surface area (Å²) in [4.78, 5) is 15.0. The third kappa shape index (κ3) is 3.37. The first-order valence-electron chi connectivity index (χ1n) is 7.15. The van der Waals surface area contributed by atoms with Gasteiger partial charge in [-0.3, -0.25) is 4.79 Å². The number of benzene rings is 1. The molecule has 0 bridgehead atoms. The molecule has 0 saturated heterocycles. The number of nitrogens with two attached hydrogens (primary N) is 1. The van der Waals surface area contributed by atoms with Gasteiger partial charge in [-0.1, -0.05) is 31.1 Å². The number of carbonyl (C=O) groups is 1. The van der Waals surface area contributed by atoms with Crippen molar-refractivity contribution in [2.24, 2.45) is 5.73 Å². The lowest BCUT2D eigenvalue weighted by Gasteiger charge is -2.28. The molecule has 0 atom stereocenters. The minimum Gasteiger partial charge on any atom is -0.392 e. The van der Waals surface area contributed by atoms with Crippen molar-refractivity contribution in [2.75, 3.05) is 6.54 Å². The number of aryl methyl sites for hydroxylation is 2. The largest absolute Gasteiger partial charge is 0.392 e. The normalized spacial score (nSPS) is 15.3. The maximum absolute atomic E-state index is 12.7. The first kappa shape index (κ1) is 15.0. The lowest BCUT2D eigenvalue weighted by Crippen LogP contribution is -2.43. The minimum atomic E-state index is 0.0489. The van der Waals surface area contributed by atoms with Crippen LogP contribution in [0, 0.1) is 13.8 Å². The van der Waals surface area contributed by atoms with Crippen molar-refractivity contribution < 1.29 is 4.79 Å². The van der Waals surface area contributed by atoms with E-state index in [9.17, 15) is 4.79 Å². The van der Waals surface area contributed by atoms with Crippen molar-refractivity contribution in [1.82, 2.24) is 4.90 Å². The van der Waals surface area contributed by atoms with Crippen molar-refractivity contribution >= 4 is 23.1 Å². The van der Waals surface area contributed by atoms with Crippen LogP contribution in [0.15, 0.2) is 18.2 Å². The van der Waals surface area contributed by atoms with Crippen LogP contribution in [0.3, 0.4) is 0 Å². The van der Waals surface area contributed by atoms with Crippen LogP contribution < -0.4 is 5.73 Å². The molecule has 0 unspecified atom stereocenters. The number of amides is 1. The molecule has 4 heteroatoms. The average Bonchev–Trinajstić information content (AvgIpc) is 2.92. The van der Waals surface area contributed by atoms with Crippen LogP contribution in [-0.4, -0.2) is 28.4 Å². The van der Waals surface area contributed by atoms with Gasteiger partial charge in [0, 0.05) is 11.6 Å². The van der Waals surface area contributed by atoms with Crippen molar-refractivity contribution in [3.05, 3.63) is 34.9 Å². The highest BCUT2D eigenvalue weighted by molar-refractivity contribution is 7.80.